The molecule has 4 rings (SSSR count). The Morgan fingerprint density at radius 3 is 2.11 bits per heavy atom. The molecule has 0 spiro atoms. The second-order valence-electron chi connectivity index (χ2n) is 8.65. The van der Waals surface area contributed by atoms with Crippen LogP contribution in [0.3, 0.4) is 0 Å². The molecule has 38 heavy (non-hydrogen) atoms. The number of carbonyl (C=O) groups is 2. The third kappa shape index (κ3) is 6.64. The van der Waals surface area contributed by atoms with Gasteiger partial charge in [0.2, 0.25) is 5.91 Å². The summed E-state index contributed by atoms with van der Waals surface area (Å²) in [6.07, 6.45) is 0.342. The van der Waals surface area contributed by atoms with Gasteiger partial charge in [-0.2, -0.15) is 0 Å². The van der Waals surface area contributed by atoms with E-state index in [1.165, 1.54) is 12.1 Å². The van der Waals surface area contributed by atoms with Crippen molar-refractivity contribution in [2.45, 2.75) is 25.9 Å². The van der Waals surface area contributed by atoms with Crippen LogP contribution in [0, 0.1) is 23.3 Å². The summed E-state index contributed by atoms with van der Waals surface area (Å²) in [5, 5.41) is 5.51. The van der Waals surface area contributed by atoms with Crippen molar-refractivity contribution in [1.29, 1.82) is 0 Å². The first-order chi connectivity index (χ1) is 18.3. The predicted molar refractivity (Wildman–Crippen MR) is 136 cm³/mol. The number of amides is 2. The third-order valence-electron chi connectivity index (χ3n) is 6.03. The number of aryl methyl sites for hydroxylation is 1. The monoisotopic (exact) mass is 520 g/mol. The number of carbonyl (C=O) groups excluding carboxylic acids is 2. The van der Waals surface area contributed by atoms with E-state index >= 15 is 0 Å². The number of hydrogen-bond acceptors (Lipinski definition) is 2. The molecule has 0 saturated carbocycles. The molecule has 0 bridgehead atoms. The SMILES string of the molecule is O=C(CCc1ccc(F)c(F)c1)NCc1ccccc1-c1ccccc1C(=O)NCc1ccc(F)cc1F. The molecule has 0 aliphatic heterocycles. The van der Waals surface area contributed by atoms with E-state index in [2.05, 4.69) is 10.6 Å². The lowest BCUT2D eigenvalue weighted by atomic mass is 9.94. The molecule has 4 aromatic carbocycles. The maximum atomic E-state index is 14.0. The highest BCUT2D eigenvalue weighted by molar-refractivity contribution is 6.01. The molecule has 0 heterocycles. The second-order valence-corrected chi connectivity index (χ2v) is 8.65. The van der Waals surface area contributed by atoms with E-state index in [9.17, 15) is 27.2 Å². The fourth-order valence-corrected chi connectivity index (χ4v) is 4.02. The van der Waals surface area contributed by atoms with Crippen LogP contribution in [0.2, 0.25) is 0 Å². The predicted octanol–water partition coefficient (Wildman–Crippen LogP) is 6.09. The van der Waals surface area contributed by atoms with E-state index in [1.807, 2.05) is 24.3 Å². The van der Waals surface area contributed by atoms with Gasteiger partial charge in [-0.05, 0) is 52.9 Å². The molecule has 0 radical (unpaired) electrons. The minimum absolute atomic E-state index is 0.0895. The van der Waals surface area contributed by atoms with Crippen molar-refractivity contribution in [2.24, 2.45) is 0 Å². The van der Waals surface area contributed by atoms with E-state index in [4.69, 9.17) is 0 Å². The molecule has 0 aromatic heterocycles. The van der Waals surface area contributed by atoms with Crippen LogP contribution in [0.25, 0.3) is 11.1 Å². The van der Waals surface area contributed by atoms with E-state index in [1.54, 1.807) is 24.3 Å². The lowest BCUT2D eigenvalue weighted by molar-refractivity contribution is -0.121. The van der Waals surface area contributed by atoms with Crippen LogP contribution in [0.5, 0.6) is 0 Å². The van der Waals surface area contributed by atoms with Crippen molar-refractivity contribution in [3.63, 3.8) is 0 Å². The third-order valence-corrected chi connectivity index (χ3v) is 6.03. The number of halogens is 4. The maximum Gasteiger partial charge on any atom is 0.252 e. The standard InChI is InChI=1S/C30H24F4N2O2/c31-22-12-11-21(27(33)16-22)18-36-30(38)25-8-4-3-7-24(25)23-6-2-1-5-20(23)17-35-29(37)14-10-19-9-13-26(32)28(34)15-19/h1-9,11-13,15-16H,10,14,17-18H2,(H,35,37)(H,36,38). The normalized spacial score (nSPS) is 10.7. The van der Waals surface area contributed by atoms with Gasteiger partial charge in [0.1, 0.15) is 11.6 Å². The first-order valence-corrected chi connectivity index (χ1v) is 11.9. The van der Waals surface area contributed by atoms with Crippen molar-refractivity contribution in [3.05, 3.63) is 130 Å². The van der Waals surface area contributed by atoms with Gasteiger partial charge in [0.05, 0.1) is 0 Å². The summed E-state index contributed by atoms with van der Waals surface area (Å²) in [4.78, 5) is 25.4. The quantitative estimate of drug-likeness (QED) is 0.263. The minimum atomic E-state index is -0.956. The van der Waals surface area contributed by atoms with Crippen molar-refractivity contribution >= 4 is 11.8 Å². The highest BCUT2D eigenvalue weighted by atomic mass is 19.2. The van der Waals surface area contributed by atoms with Crippen LogP contribution < -0.4 is 10.6 Å². The smallest absolute Gasteiger partial charge is 0.252 e. The average molecular weight is 521 g/mol. The molecule has 194 valence electrons. The van der Waals surface area contributed by atoms with E-state index in [0.29, 0.717) is 16.7 Å². The van der Waals surface area contributed by atoms with Gasteiger partial charge in [0, 0.05) is 36.7 Å². The van der Waals surface area contributed by atoms with Gasteiger partial charge in [-0.25, -0.2) is 17.6 Å². The Hall–Kier alpha value is -4.46. The van der Waals surface area contributed by atoms with Gasteiger partial charge in [-0.15, -0.1) is 0 Å². The Morgan fingerprint density at radius 1 is 0.632 bits per heavy atom. The van der Waals surface area contributed by atoms with E-state index in [-0.39, 0.29) is 37.4 Å². The van der Waals surface area contributed by atoms with Crippen LogP contribution in [0.4, 0.5) is 17.6 Å². The van der Waals surface area contributed by atoms with Gasteiger partial charge >= 0.3 is 0 Å². The van der Waals surface area contributed by atoms with Gasteiger partial charge < -0.3 is 10.6 Å². The molecule has 4 nitrogen and oxygen atoms in total. The molecule has 2 amide bonds. The highest BCUT2D eigenvalue weighted by Gasteiger charge is 2.16. The highest BCUT2D eigenvalue weighted by Crippen LogP contribution is 2.27. The first-order valence-electron chi connectivity index (χ1n) is 11.9. The summed E-state index contributed by atoms with van der Waals surface area (Å²) in [6, 6.07) is 20.9. The Labute approximate surface area is 217 Å². The first kappa shape index (κ1) is 26.6. The van der Waals surface area contributed by atoms with Crippen molar-refractivity contribution in [2.75, 3.05) is 0 Å². The van der Waals surface area contributed by atoms with Crippen LogP contribution in [-0.4, -0.2) is 11.8 Å². The summed E-state index contributed by atoms with van der Waals surface area (Å²) in [6.45, 7) is 0.0679. The summed E-state index contributed by atoms with van der Waals surface area (Å²) < 4.78 is 53.7. The van der Waals surface area contributed by atoms with Crippen LogP contribution in [0.15, 0.2) is 84.9 Å². The minimum Gasteiger partial charge on any atom is -0.352 e. The average Bonchev–Trinajstić information content (AvgIpc) is 2.92. The molecule has 0 atom stereocenters. The number of nitrogens with one attached hydrogen (secondary N) is 2. The van der Waals surface area contributed by atoms with Crippen molar-refractivity contribution in [1.82, 2.24) is 10.6 Å². The molecular weight excluding hydrogens is 496 g/mol. The lowest BCUT2D eigenvalue weighted by Crippen LogP contribution is -2.25. The summed E-state index contributed by atoms with van der Waals surface area (Å²) in [7, 11) is 0. The van der Waals surface area contributed by atoms with Gasteiger partial charge in [-0.1, -0.05) is 54.6 Å². The Bertz CT molecular complexity index is 1470. The fraction of sp³-hybridized carbons (Fsp3) is 0.133. The zero-order chi connectivity index (χ0) is 27.1. The molecule has 0 fully saturated rings. The fourth-order valence-electron chi connectivity index (χ4n) is 4.02. The largest absolute Gasteiger partial charge is 0.352 e. The Kier molecular flexibility index (Phi) is 8.53. The number of hydrogen-bond donors (Lipinski definition) is 2. The molecule has 2 N–H and O–H groups in total. The van der Waals surface area contributed by atoms with Gasteiger partial charge in [-0.3, -0.25) is 9.59 Å². The lowest BCUT2D eigenvalue weighted by Gasteiger charge is -2.15. The maximum absolute atomic E-state index is 14.0. The van der Waals surface area contributed by atoms with Crippen molar-refractivity contribution in [3.8, 4) is 11.1 Å². The zero-order valence-corrected chi connectivity index (χ0v) is 20.2. The van der Waals surface area contributed by atoms with Gasteiger partial charge in [0.25, 0.3) is 5.91 Å². The Balaban J connectivity index is 1.44. The summed E-state index contributed by atoms with van der Waals surface area (Å²) >= 11 is 0. The molecule has 0 unspecified atom stereocenters. The number of benzene rings is 4. The van der Waals surface area contributed by atoms with Crippen molar-refractivity contribution < 1.29 is 27.2 Å². The summed E-state index contributed by atoms with van der Waals surface area (Å²) in [5.74, 6) is -4.04. The molecule has 0 aliphatic carbocycles. The van der Waals surface area contributed by atoms with Crippen LogP contribution in [0.1, 0.15) is 33.5 Å². The summed E-state index contributed by atoms with van der Waals surface area (Å²) in [5.41, 5.74) is 3.14. The van der Waals surface area contributed by atoms with Gasteiger partial charge in [0.15, 0.2) is 11.6 Å². The van der Waals surface area contributed by atoms with Crippen LogP contribution >= 0.6 is 0 Å². The topological polar surface area (TPSA) is 58.2 Å². The molecule has 0 saturated heterocycles. The second kappa shape index (κ2) is 12.2. The van der Waals surface area contributed by atoms with E-state index in [0.717, 1.165) is 35.4 Å². The zero-order valence-electron chi connectivity index (χ0n) is 20.2. The molecule has 0 aliphatic rings. The molecule has 8 heteroatoms. The number of rotatable bonds is 9. The molecular formula is C30H24F4N2O2. The Morgan fingerprint density at radius 2 is 1.34 bits per heavy atom. The molecule has 4 aromatic rings. The van der Waals surface area contributed by atoms with Crippen LogP contribution in [-0.2, 0) is 24.3 Å². The van der Waals surface area contributed by atoms with E-state index < -0.39 is 29.2 Å².